The summed E-state index contributed by atoms with van der Waals surface area (Å²) >= 11 is 2.34. The molecule has 13 heavy (non-hydrogen) atoms. The van der Waals surface area contributed by atoms with Gasteiger partial charge in [0.15, 0.2) is 0 Å². The largest absolute Gasteiger partial charge is 0.496 e. The van der Waals surface area contributed by atoms with Crippen molar-refractivity contribution in [3.05, 3.63) is 26.8 Å². The summed E-state index contributed by atoms with van der Waals surface area (Å²) in [6, 6.07) is 4.33. The molecule has 1 aliphatic carbocycles. The molecular weight excluding hydrogens is 277 g/mol. The Balaban J connectivity index is 2.54. The molecule has 0 bridgehead atoms. The smallest absolute Gasteiger partial charge is 0.132 e. The van der Waals surface area contributed by atoms with E-state index in [-0.39, 0.29) is 6.04 Å². The van der Waals surface area contributed by atoms with Crippen LogP contribution in [0, 0.1) is 3.57 Å². The third kappa shape index (κ3) is 1.44. The molecule has 0 spiro atoms. The highest BCUT2D eigenvalue weighted by Crippen LogP contribution is 2.36. The third-order valence-electron chi connectivity index (χ3n) is 2.57. The van der Waals surface area contributed by atoms with Crippen LogP contribution in [0.3, 0.4) is 0 Å². The highest BCUT2D eigenvalue weighted by atomic mass is 127. The Kier molecular flexibility index (Phi) is 2.47. The van der Waals surface area contributed by atoms with E-state index >= 15 is 0 Å². The lowest BCUT2D eigenvalue weighted by Crippen LogP contribution is -2.05. The van der Waals surface area contributed by atoms with Gasteiger partial charge < -0.3 is 10.5 Å². The SMILES string of the molecule is COc1ccc2c(c1I)CCC2N. The van der Waals surface area contributed by atoms with Gasteiger partial charge in [-0.25, -0.2) is 0 Å². The highest BCUT2D eigenvalue weighted by molar-refractivity contribution is 14.1. The van der Waals surface area contributed by atoms with Crippen molar-refractivity contribution in [1.82, 2.24) is 0 Å². The van der Waals surface area contributed by atoms with Gasteiger partial charge in [0.1, 0.15) is 5.75 Å². The fourth-order valence-electron chi connectivity index (χ4n) is 1.83. The molecule has 0 aromatic heterocycles. The fraction of sp³-hybridized carbons (Fsp3) is 0.400. The van der Waals surface area contributed by atoms with Gasteiger partial charge in [-0.05, 0) is 52.6 Å². The first-order valence-electron chi connectivity index (χ1n) is 4.35. The second-order valence-corrected chi connectivity index (χ2v) is 4.37. The van der Waals surface area contributed by atoms with E-state index in [1.807, 2.05) is 6.07 Å². The number of ether oxygens (including phenoxy) is 1. The molecular formula is C10H12INO. The first-order valence-corrected chi connectivity index (χ1v) is 5.42. The number of hydrogen-bond acceptors (Lipinski definition) is 2. The van der Waals surface area contributed by atoms with Gasteiger partial charge in [0.2, 0.25) is 0 Å². The summed E-state index contributed by atoms with van der Waals surface area (Å²) in [5, 5.41) is 0. The van der Waals surface area contributed by atoms with Crippen molar-refractivity contribution in [2.75, 3.05) is 7.11 Å². The van der Waals surface area contributed by atoms with Crippen LogP contribution in [0.25, 0.3) is 0 Å². The van der Waals surface area contributed by atoms with Gasteiger partial charge in [-0.15, -0.1) is 0 Å². The van der Waals surface area contributed by atoms with Crippen molar-refractivity contribution in [3.63, 3.8) is 0 Å². The number of hydrogen-bond donors (Lipinski definition) is 1. The van der Waals surface area contributed by atoms with E-state index in [0.717, 1.165) is 18.6 Å². The summed E-state index contributed by atoms with van der Waals surface area (Å²) in [5.74, 6) is 0.966. The normalized spacial score (nSPS) is 20.1. The zero-order chi connectivity index (χ0) is 9.42. The van der Waals surface area contributed by atoms with Crippen molar-refractivity contribution in [2.24, 2.45) is 5.73 Å². The van der Waals surface area contributed by atoms with Gasteiger partial charge in [-0.3, -0.25) is 0 Å². The number of benzene rings is 1. The standard InChI is InChI=1S/C10H12INO/c1-13-9-5-3-6-7(10(9)11)2-4-8(6)12/h3,5,8H,2,4,12H2,1H3. The minimum absolute atomic E-state index is 0.231. The first-order chi connectivity index (χ1) is 6.24. The maximum Gasteiger partial charge on any atom is 0.132 e. The summed E-state index contributed by atoms with van der Waals surface area (Å²) in [4.78, 5) is 0. The zero-order valence-electron chi connectivity index (χ0n) is 7.51. The molecule has 2 N–H and O–H groups in total. The third-order valence-corrected chi connectivity index (χ3v) is 3.75. The van der Waals surface area contributed by atoms with Gasteiger partial charge in [0.25, 0.3) is 0 Å². The van der Waals surface area contributed by atoms with Crippen LogP contribution >= 0.6 is 22.6 Å². The molecule has 1 unspecified atom stereocenters. The molecule has 3 heteroatoms. The van der Waals surface area contributed by atoms with Crippen molar-refractivity contribution in [1.29, 1.82) is 0 Å². The molecule has 1 aromatic rings. The second kappa shape index (κ2) is 3.46. The lowest BCUT2D eigenvalue weighted by Gasteiger charge is -2.09. The van der Waals surface area contributed by atoms with E-state index in [0.29, 0.717) is 0 Å². The predicted molar refractivity (Wildman–Crippen MR) is 61.0 cm³/mol. The lowest BCUT2D eigenvalue weighted by molar-refractivity contribution is 0.411. The molecule has 0 heterocycles. The average Bonchev–Trinajstić information content (AvgIpc) is 2.50. The molecule has 2 nitrogen and oxygen atoms in total. The Morgan fingerprint density at radius 3 is 3.00 bits per heavy atom. The van der Waals surface area contributed by atoms with Gasteiger partial charge in [0, 0.05) is 6.04 Å². The summed E-state index contributed by atoms with van der Waals surface area (Å²) < 4.78 is 6.48. The second-order valence-electron chi connectivity index (χ2n) is 3.29. The molecule has 0 amide bonds. The van der Waals surface area contributed by atoms with Crippen LogP contribution in [-0.4, -0.2) is 7.11 Å². The number of nitrogens with two attached hydrogens (primary N) is 1. The Bertz CT molecular complexity index is 338. The topological polar surface area (TPSA) is 35.2 Å². The van der Waals surface area contributed by atoms with Crippen LogP contribution in [-0.2, 0) is 6.42 Å². The molecule has 0 saturated heterocycles. The summed E-state index contributed by atoms with van der Waals surface area (Å²) in [6.45, 7) is 0. The van der Waals surface area contributed by atoms with Crippen molar-refractivity contribution < 1.29 is 4.74 Å². The Morgan fingerprint density at radius 1 is 1.54 bits per heavy atom. The van der Waals surface area contributed by atoms with Crippen LogP contribution in [0.1, 0.15) is 23.6 Å². The van der Waals surface area contributed by atoms with Gasteiger partial charge in [-0.1, -0.05) is 6.07 Å². The van der Waals surface area contributed by atoms with E-state index in [4.69, 9.17) is 10.5 Å². The van der Waals surface area contributed by atoms with E-state index in [2.05, 4.69) is 28.7 Å². The summed E-state index contributed by atoms with van der Waals surface area (Å²) in [5.41, 5.74) is 8.64. The van der Waals surface area contributed by atoms with Crippen LogP contribution in [0.5, 0.6) is 5.75 Å². The lowest BCUT2D eigenvalue weighted by atomic mass is 10.1. The monoisotopic (exact) mass is 289 g/mol. The van der Waals surface area contributed by atoms with Crippen LogP contribution in [0.15, 0.2) is 12.1 Å². The van der Waals surface area contributed by atoms with Crippen molar-refractivity contribution in [3.8, 4) is 5.75 Å². The minimum atomic E-state index is 0.231. The average molecular weight is 289 g/mol. The fourth-order valence-corrected chi connectivity index (χ4v) is 2.81. The summed E-state index contributed by atoms with van der Waals surface area (Å²) in [7, 11) is 1.71. The minimum Gasteiger partial charge on any atom is -0.496 e. The van der Waals surface area contributed by atoms with Crippen molar-refractivity contribution >= 4 is 22.6 Å². The number of methoxy groups -OCH3 is 1. The summed E-state index contributed by atoms with van der Waals surface area (Å²) in [6.07, 6.45) is 2.16. The van der Waals surface area contributed by atoms with Gasteiger partial charge in [0.05, 0.1) is 10.7 Å². The maximum absolute atomic E-state index is 5.96. The molecule has 70 valence electrons. The predicted octanol–water partition coefficient (Wildman–Crippen LogP) is 2.25. The molecule has 1 atom stereocenters. The van der Waals surface area contributed by atoms with Crippen molar-refractivity contribution in [2.45, 2.75) is 18.9 Å². The molecule has 1 aliphatic rings. The molecule has 0 radical (unpaired) electrons. The van der Waals surface area contributed by atoms with Gasteiger partial charge in [-0.2, -0.15) is 0 Å². The van der Waals surface area contributed by atoms with Crippen LogP contribution in [0.4, 0.5) is 0 Å². The van der Waals surface area contributed by atoms with Crippen LogP contribution < -0.4 is 10.5 Å². The van der Waals surface area contributed by atoms with Gasteiger partial charge >= 0.3 is 0 Å². The number of halogens is 1. The van der Waals surface area contributed by atoms with E-state index < -0.39 is 0 Å². The Hall–Kier alpha value is -0.290. The van der Waals surface area contributed by atoms with E-state index in [1.165, 1.54) is 14.7 Å². The molecule has 0 saturated carbocycles. The Morgan fingerprint density at radius 2 is 2.31 bits per heavy atom. The zero-order valence-corrected chi connectivity index (χ0v) is 9.67. The first kappa shape index (κ1) is 9.27. The number of fused-ring (bicyclic) bond motifs is 1. The molecule has 0 aliphatic heterocycles. The molecule has 2 rings (SSSR count). The highest BCUT2D eigenvalue weighted by Gasteiger charge is 2.22. The number of rotatable bonds is 1. The quantitative estimate of drug-likeness (QED) is 0.805. The van der Waals surface area contributed by atoms with E-state index in [1.54, 1.807) is 7.11 Å². The Labute approximate surface area is 91.6 Å². The maximum atomic E-state index is 5.96. The molecule has 0 fully saturated rings. The van der Waals surface area contributed by atoms with Crippen LogP contribution in [0.2, 0.25) is 0 Å². The van der Waals surface area contributed by atoms with E-state index in [9.17, 15) is 0 Å². The molecule has 1 aromatic carbocycles.